The molecule has 0 radical (unpaired) electrons. The minimum absolute atomic E-state index is 0.0399. The molecule has 0 unspecified atom stereocenters. The predicted molar refractivity (Wildman–Crippen MR) is 145 cm³/mol. The first-order valence-corrected chi connectivity index (χ1v) is 13.6. The van der Waals surface area contributed by atoms with Gasteiger partial charge in [-0.3, -0.25) is 19.6 Å². The number of anilines is 2. The van der Waals surface area contributed by atoms with Crippen LogP contribution in [0.25, 0.3) is 11.3 Å². The summed E-state index contributed by atoms with van der Waals surface area (Å²) in [6, 6.07) is 12.7. The fraction of sp³-hybridized carbons (Fsp3) is 0.448. The summed E-state index contributed by atoms with van der Waals surface area (Å²) in [5.74, 6) is 1.22. The fourth-order valence-corrected chi connectivity index (χ4v) is 5.41. The van der Waals surface area contributed by atoms with Gasteiger partial charge in [0, 0.05) is 37.1 Å². The molecule has 2 aromatic heterocycles. The molecule has 9 heteroatoms. The summed E-state index contributed by atoms with van der Waals surface area (Å²) >= 11 is 0. The van der Waals surface area contributed by atoms with Gasteiger partial charge in [-0.05, 0) is 61.9 Å². The summed E-state index contributed by atoms with van der Waals surface area (Å²) in [6.07, 6.45) is 6.68. The van der Waals surface area contributed by atoms with Gasteiger partial charge in [0.15, 0.2) is 0 Å². The largest absolute Gasteiger partial charge is 0.463 e. The Bertz CT molecular complexity index is 1270. The summed E-state index contributed by atoms with van der Waals surface area (Å²) in [7, 11) is 0. The first-order valence-electron chi connectivity index (χ1n) is 13.6. The molecule has 2 N–H and O–H groups in total. The van der Waals surface area contributed by atoms with Crippen LogP contribution in [0, 0.1) is 5.92 Å². The zero-order valence-corrected chi connectivity index (χ0v) is 21.6. The highest BCUT2D eigenvalue weighted by molar-refractivity contribution is 6.01. The number of fused-ring (bicyclic) bond motifs is 1. The van der Waals surface area contributed by atoms with Crippen molar-refractivity contribution < 1.29 is 14.3 Å². The second kappa shape index (κ2) is 11.0. The van der Waals surface area contributed by atoms with Crippen molar-refractivity contribution in [2.24, 2.45) is 5.92 Å². The molecule has 198 valence electrons. The van der Waals surface area contributed by atoms with Crippen molar-refractivity contribution >= 4 is 17.5 Å². The van der Waals surface area contributed by atoms with Crippen LogP contribution in [0.4, 0.5) is 11.6 Å². The van der Waals surface area contributed by atoms with Crippen molar-refractivity contribution in [1.29, 1.82) is 0 Å². The van der Waals surface area contributed by atoms with Crippen LogP contribution in [0.2, 0.25) is 0 Å². The molecule has 3 aliphatic rings. The molecule has 6 rings (SSSR count). The SMILES string of the molecule is Nc1nc(OCC2CCOCC2)nc2c1CC(=O)N2Cc1ccc(-c2ccc(CN3CCCC3)cn2)cc1. The Kier molecular flexibility index (Phi) is 7.20. The fourth-order valence-electron chi connectivity index (χ4n) is 5.41. The van der Waals surface area contributed by atoms with Gasteiger partial charge in [-0.1, -0.05) is 30.3 Å². The van der Waals surface area contributed by atoms with Gasteiger partial charge >= 0.3 is 6.01 Å². The minimum Gasteiger partial charge on any atom is -0.463 e. The Balaban J connectivity index is 1.12. The van der Waals surface area contributed by atoms with E-state index in [1.165, 1.54) is 31.5 Å². The number of rotatable bonds is 8. The molecule has 2 fully saturated rings. The second-order valence-electron chi connectivity index (χ2n) is 10.4. The molecule has 5 heterocycles. The van der Waals surface area contributed by atoms with Crippen molar-refractivity contribution in [1.82, 2.24) is 19.9 Å². The molecule has 0 atom stereocenters. The lowest BCUT2D eigenvalue weighted by Crippen LogP contribution is -2.27. The van der Waals surface area contributed by atoms with Crippen LogP contribution in [-0.2, 0) is 29.0 Å². The third-order valence-corrected chi connectivity index (χ3v) is 7.69. The molecule has 3 aromatic rings. The summed E-state index contributed by atoms with van der Waals surface area (Å²) in [5, 5.41) is 0. The Hall–Kier alpha value is -3.56. The number of nitrogens with two attached hydrogens (primary N) is 1. The highest BCUT2D eigenvalue weighted by Gasteiger charge is 2.32. The normalized spacial score (nSPS) is 18.2. The van der Waals surface area contributed by atoms with Crippen LogP contribution in [0.15, 0.2) is 42.6 Å². The number of nitrogens with zero attached hydrogens (tertiary/aromatic N) is 5. The number of nitrogen functional groups attached to an aromatic ring is 1. The molecule has 38 heavy (non-hydrogen) atoms. The summed E-state index contributed by atoms with van der Waals surface area (Å²) in [6.45, 7) is 5.75. The Morgan fingerprint density at radius 3 is 2.47 bits per heavy atom. The van der Waals surface area contributed by atoms with Gasteiger partial charge in [0.2, 0.25) is 5.91 Å². The Labute approximate surface area is 223 Å². The van der Waals surface area contributed by atoms with E-state index in [1.807, 2.05) is 18.3 Å². The molecule has 2 saturated heterocycles. The topological polar surface area (TPSA) is 107 Å². The lowest BCUT2D eigenvalue weighted by Gasteiger charge is -2.22. The maximum Gasteiger partial charge on any atom is 0.320 e. The maximum absolute atomic E-state index is 12.9. The van der Waals surface area contributed by atoms with E-state index in [2.05, 4.69) is 39.1 Å². The number of aromatic nitrogens is 3. The highest BCUT2D eigenvalue weighted by Crippen LogP contribution is 2.33. The van der Waals surface area contributed by atoms with Gasteiger partial charge in [-0.15, -0.1) is 0 Å². The molecule has 1 amide bonds. The van der Waals surface area contributed by atoms with Crippen LogP contribution in [-0.4, -0.2) is 58.7 Å². The van der Waals surface area contributed by atoms with E-state index in [9.17, 15) is 4.79 Å². The molecule has 1 aromatic carbocycles. The number of ether oxygens (including phenoxy) is 2. The van der Waals surface area contributed by atoms with Crippen molar-refractivity contribution in [3.8, 4) is 17.3 Å². The smallest absolute Gasteiger partial charge is 0.320 e. The van der Waals surface area contributed by atoms with Gasteiger partial charge in [0.25, 0.3) is 0 Å². The number of hydrogen-bond acceptors (Lipinski definition) is 8. The van der Waals surface area contributed by atoms with Crippen molar-refractivity contribution in [3.05, 3.63) is 59.3 Å². The average molecular weight is 515 g/mol. The number of amides is 1. The van der Waals surface area contributed by atoms with E-state index in [0.29, 0.717) is 36.3 Å². The lowest BCUT2D eigenvalue weighted by molar-refractivity contribution is -0.117. The summed E-state index contributed by atoms with van der Waals surface area (Å²) < 4.78 is 11.3. The quantitative estimate of drug-likeness (QED) is 0.486. The third kappa shape index (κ3) is 5.49. The zero-order chi connectivity index (χ0) is 25.9. The highest BCUT2D eigenvalue weighted by atomic mass is 16.5. The van der Waals surface area contributed by atoms with E-state index < -0.39 is 0 Å². The number of carbonyl (C=O) groups is 1. The van der Waals surface area contributed by atoms with E-state index in [1.54, 1.807) is 4.90 Å². The molecule has 0 bridgehead atoms. The first-order chi connectivity index (χ1) is 18.6. The second-order valence-corrected chi connectivity index (χ2v) is 10.4. The van der Waals surface area contributed by atoms with Crippen molar-refractivity contribution in [2.75, 3.05) is 43.5 Å². The maximum atomic E-state index is 12.9. The molecule has 9 nitrogen and oxygen atoms in total. The van der Waals surface area contributed by atoms with Gasteiger partial charge in [-0.2, -0.15) is 9.97 Å². The molecule has 0 saturated carbocycles. The van der Waals surface area contributed by atoms with Crippen LogP contribution in [0.3, 0.4) is 0 Å². The molecule has 0 spiro atoms. The van der Waals surface area contributed by atoms with Gasteiger partial charge in [-0.25, -0.2) is 0 Å². The molecular weight excluding hydrogens is 480 g/mol. The van der Waals surface area contributed by atoms with Crippen molar-refractivity contribution in [3.63, 3.8) is 0 Å². The minimum atomic E-state index is -0.0399. The van der Waals surface area contributed by atoms with Crippen LogP contribution in [0.5, 0.6) is 6.01 Å². The van der Waals surface area contributed by atoms with Gasteiger partial charge in [0.1, 0.15) is 11.6 Å². The molecule has 0 aliphatic carbocycles. The van der Waals surface area contributed by atoms with Crippen LogP contribution < -0.4 is 15.4 Å². The predicted octanol–water partition coefficient (Wildman–Crippen LogP) is 3.61. The van der Waals surface area contributed by atoms with E-state index in [4.69, 9.17) is 20.2 Å². The Morgan fingerprint density at radius 2 is 1.74 bits per heavy atom. The number of likely N-dealkylation sites (tertiary alicyclic amines) is 1. The number of hydrogen-bond donors (Lipinski definition) is 1. The number of pyridine rings is 1. The average Bonchev–Trinajstić information content (AvgIpc) is 3.57. The Morgan fingerprint density at radius 1 is 0.974 bits per heavy atom. The first kappa shape index (κ1) is 24.8. The van der Waals surface area contributed by atoms with Gasteiger partial charge in [0.05, 0.1) is 25.3 Å². The summed E-state index contributed by atoms with van der Waals surface area (Å²) in [5.41, 5.74) is 11.1. The zero-order valence-electron chi connectivity index (χ0n) is 21.6. The molecule has 3 aliphatic heterocycles. The monoisotopic (exact) mass is 514 g/mol. The van der Waals surface area contributed by atoms with Crippen LogP contribution in [0.1, 0.15) is 42.4 Å². The van der Waals surface area contributed by atoms with E-state index >= 15 is 0 Å². The molecular formula is C29H34N6O3. The van der Waals surface area contributed by atoms with E-state index in [0.717, 1.165) is 49.4 Å². The van der Waals surface area contributed by atoms with Crippen LogP contribution >= 0.6 is 0 Å². The lowest BCUT2D eigenvalue weighted by atomic mass is 10.0. The standard InChI is InChI=1S/C29H34N6O3/c30-27-24-15-26(36)35(28(24)33-29(32-27)38-19-21-9-13-37-14-10-21)18-20-3-6-23(7-4-20)25-8-5-22(16-31-25)17-34-11-1-2-12-34/h3-8,16,21H,1-2,9-15,17-19H2,(H2,30,32,33). The third-order valence-electron chi connectivity index (χ3n) is 7.69. The van der Waals surface area contributed by atoms with E-state index in [-0.39, 0.29) is 18.3 Å². The van der Waals surface area contributed by atoms with Gasteiger partial charge < -0.3 is 15.2 Å². The van der Waals surface area contributed by atoms with Crippen molar-refractivity contribution in [2.45, 2.75) is 45.2 Å². The number of benzene rings is 1. The number of carbonyl (C=O) groups excluding carboxylic acids is 1. The summed E-state index contributed by atoms with van der Waals surface area (Å²) in [4.78, 5) is 30.6.